The quantitative estimate of drug-likeness (QED) is 0.579. The van der Waals surface area contributed by atoms with Crippen LogP contribution in [-0.4, -0.2) is 11.8 Å². The molecule has 4 heteroatoms. The van der Waals surface area contributed by atoms with Gasteiger partial charge in [-0.2, -0.15) is 0 Å². The van der Waals surface area contributed by atoms with Crippen molar-refractivity contribution in [3.05, 3.63) is 12.2 Å². The second-order valence-corrected chi connectivity index (χ2v) is 3.53. The second kappa shape index (κ2) is 3.60. The Kier molecular flexibility index (Phi) is 2.70. The van der Waals surface area contributed by atoms with Crippen molar-refractivity contribution in [3.63, 3.8) is 0 Å². The van der Waals surface area contributed by atoms with Gasteiger partial charge >= 0.3 is 0 Å². The van der Waals surface area contributed by atoms with Crippen LogP contribution in [0.5, 0.6) is 0 Å². The van der Waals surface area contributed by atoms with E-state index in [9.17, 15) is 9.59 Å². The van der Waals surface area contributed by atoms with Crippen LogP contribution in [0.25, 0.3) is 0 Å². The highest BCUT2D eigenvalue weighted by molar-refractivity contribution is 5.82. The summed E-state index contributed by atoms with van der Waals surface area (Å²) in [6.07, 6.45) is 3.98. The first-order valence-corrected chi connectivity index (χ1v) is 4.29. The summed E-state index contributed by atoms with van der Waals surface area (Å²) in [6, 6.07) is 0. The maximum atomic E-state index is 10.9. The molecule has 0 fully saturated rings. The molecule has 4 N–H and O–H groups in total. The van der Waals surface area contributed by atoms with Crippen LogP contribution in [0.3, 0.4) is 0 Å². The van der Waals surface area contributed by atoms with E-state index in [1.54, 1.807) is 12.2 Å². The third-order valence-electron chi connectivity index (χ3n) is 2.48. The molecular weight excluding hydrogens is 168 g/mol. The standard InChI is InChI=1S/C9H14N2O2/c1-5-4-6(8(10)12)2-3-7(5)9(11)13/h2-3,5-7H,4H2,1H3,(H2,10,12)(H2,11,13). The second-order valence-electron chi connectivity index (χ2n) is 3.53. The summed E-state index contributed by atoms with van der Waals surface area (Å²) in [5.41, 5.74) is 10.3. The first kappa shape index (κ1) is 9.77. The van der Waals surface area contributed by atoms with E-state index in [0.717, 1.165) is 0 Å². The molecule has 1 rings (SSSR count). The van der Waals surface area contributed by atoms with Gasteiger partial charge in [-0.25, -0.2) is 0 Å². The van der Waals surface area contributed by atoms with Gasteiger partial charge in [0.15, 0.2) is 0 Å². The van der Waals surface area contributed by atoms with Gasteiger partial charge in [0, 0.05) is 0 Å². The number of amides is 2. The fourth-order valence-electron chi connectivity index (χ4n) is 1.66. The molecule has 0 radical (unpaired) electrons. The zero-order chi connectivity index (χ0) is 10.0. The predicted molar refractivity (Wildman–Crippen MR) is 48.3 cm³/mol. The number of carbonyl (C=O) groups is 2. The summed E-state index contributed by atoms with van der Waals surface area (Å²) in [5, 5.41) is 0. The molecule has 0 aromatic heterocycles. The molecule has 0 heterocycles. The molecule has 0 bridgehead atoms. The van der Waals surface area contributed by atoms with Gasteiger partial charge in [0.25, 0.3) is 0 Å². The molecule has 72 valence electrons. The third-order valence-corrected chi connectivity index (χ3v) is 2.48. The minimum atomic E-state index is -0.342. The molecule has 0 saturated heterocycles. The summed E-state index contributed by atoms with van der Waals surface area (Å²) >= 11 is 0. The van der Waals surface area contributed by atoms with E-state index in [1.807, 2.05) is 6.92 Å². The Hall–Kier alpha value is -1.32. The Morgan fingerprint density at radius 2 is 1.85 bits per heavy atom. The normalized spacial score (nSPS) is 32.8. The van der Waals surface area contributed by atoms with Crippen LogP contribution < -0.4 is 11.5 Å². The number of rotatable bonds is 2. The molecule has 0 spiro atoms. The monoisotopic (exact) mass is 182 g/mol. The summed E-state index contributed by atoms with van der Waals surface area (Å²) in [5.74, 6) is -1.08. The molecule has 2 amide bonds. The zero-order valence-electron chi connectivity index (χ0n) is 7.57. The molecule has 0 saturated carbocycles. The highest BCUT2D eigenvalue weighted by Gasteiger charge is 2.28. The van der Waals surface area contributed by atoms with E-state index in [1.165, 1.54) is 0 Å². The van der Waals surface area contributed by atoms with Crippen LogP contribution in [-0.2, 0) is 9.59 Å². The van der Waals surface area contributed by atoms with Crippen LogP contribution in [0.4, 0.5) is 0 Å². The molecule has 0 aromatic carbocycles. The van der Waals surface area contributed by atoms with Gasteiger partial charge in [0.1, 0.15) is 0 Å². The SMILES string of the molecule is CC1CC(C(N)=O)C=CC1C(N)=O. The number of hydrogen-bond acceptors (Lipinski definition) is 2. The summed E-state index contributed by atoms with van der Waals surface area (Å²) in [6.45, 7) is 1.90. The van der Waals surface area contributed by atoms with Gasteiger partial charge in [0.05, 0.1) is 11.8 Å². The first-order chi connectivity index (χ1) is 6.02. The van der Waals surface area contributed by atoms with E-state index >= 15 is 0 Å². The van der Waals surface area contributed by atoms with E-state index in [4.69, 9.17) is 11.5 Å². The van der Waals surface area contributed by atoms with E-state index in [0.29, 0.717) is 6.42 Å². The molecule has 13 heavy (non-hydrogen) atoms. The Morgan fingerprint density at radius 3 is 2.23 bits per heavy atom. The van der Waals surface area contributed by atoms with Crippen LogP contribution in [0.2, 0.25) is 0 Å². The number of nitrogens with two attached hydrogens (primary N) is 2. The van der Waals surface area contributed by atoms with Crippen molar-refractivity contribution in [3.8, 4) is 0 Å². The van der Waals surface area contributed by atoms with Crippen molar-refractivity contribution in [2.24, 2.45) is 29.2 Å². The Morgan fingerprint density at radius 1 is 1.23 bits per heavy atom. The predicted octanol–water partition coefficient (Wildman–Crippen LogP) is -0.215. The largest absolute Gasteiger partial charge is 0.369 e. The average Bonchev–Trinajstić information content (AvgIpc) is 2.03. The van der Waals surface area contributed by atoms with Crippen LogP contribution in [0.1, 0.15) is 13.3 Å². The minimum Gasteiger partial charge on any atom is -0.369 e. The van der Waals surface area contributed by atoms with E-state index < -0.39 is 0 Å². The van der Waals surface area contributed by atoms with Crippen molar-refractivity contribution in [1.29, 1.82) is 0 Å². The lowest BCUT2D eigenvalue weighted by Gasteiger charge is -2.25. The highest BCUT2D eigenvalue weighted by atomic mass is 16.1. The van der Waals surface area contributed by atoms with Crippen molar-refractivity contribution in [1.82, 2.24) is 0 Å². The fourth-order valence-corrected chi connectivity index (χ4v) is 1.66. The van der Waals surface area contributed by atoms with Gasteiger partial charge in [-0.15, -0.1) is 0 Å². The third kappa shape index (κ3) is 2.08. The maximum absolute atomic E-state index is 10.9. The topological polar surface area (TPSA) is 86.2 Å². The highest BCUT2D eigenvalue weighted by Crippen LogP contribution is 2.27. The molecule has 3 unspecified atom stereocenters. The average molecular weight is 182 g/mol. The van der Waals surface area contributed by atoms with Crippen LogP contribution in [0.15, 0.2) is 12.2 Å². The van der Waals surface area contributed by atoms with Crippen LogP contribution >= 0.6 is 0 Å². The summed E-state index contributed by atoms with van der Waals surface area (Å²) < 4.78 is 0. The summed E-state index contributed by atoms with van der Waals surface area (Å²) in [4.78, 5) is 21.7. The van der Waals surface area contributed by atoms with E-state index in [-0.39, 0.29) is 29.6 Å². The molecular formula is C9H14N2O2. The van der Waals surface area contributed by atoms with Gasteiger partial charge in [-0.1, -0.05) is 19.1 Å². The number of hydrogen-bond donors (Lipinski definition) is 2. The molecule has 1 aliphatic rings. The lowest BCUT2D eigenvalue weighted by atomic mass is 9.79. The van der Waals surface area contributed by atoms with Crippen molar-refractivity contribution >= 4 is 11.8 Å². The zero-order valence-corrected chi connectivity index (χ0v) is 7.57. The van der Waals surface area contributed by atoms with Crippen molar-refractivity contribution in [2.45, 2.75) is 13.3 Å². The lowest BCUT2D eigenvalue weighted by Crippen LogP contribution is -2.34. The molecule has 1 aliphatic carbocycles. The number of carbonyl (C=O) groups excluding carboxylic acids is 2. The van der Waals surface area contributed by atoms with Gasteiger partial charge in [-0.3, -0.25) is 9.59 Å². The minimum absolute atomic E-state index is 0.0972. The Bertz CT molecular complexity index is 260. The Balaban J connectivity index is 2.74. The lowest BCUT2D eigenvalue weighted by molar-refractivity contribution is -0.124. The first-order valence-electron chi connectivity index (χ1n) is 4.29. The maximum Gasteiger partial charge on any atom is 0.224 e. The number of primary amides is 2. The van der Waals surface area contributed by atoms with Gasteiger partial charge < -0.3 is 11.5 Å². The van der Waals surface area contributed by atoms with E-state index in [2.05, 4.69) is 0 Å². The van der Waals surface area contributed by atoms with Crippen molar-refractivity contribution < 1.29 is 9.59 Å². The molecule has 0 aliphatic heterocycles. The molecule has 0 aromatic rings. The smallest absolute Gasteiger partial charge is 0.224 e. The van der Waals surface area contributed by atoms with Gasteiger partial charge in [-0.05, 0) is 12.3 Å². The summed E-state index contributed by atoms with van der Waals surface area (Å²) in [7, 11) is 0. The Labute approximate surface area is 77.0 Å². The molecule has 4 nitrogen and oxygen atoms in total. The van der Waals surface area contributed by atoms with Gasteiger partial charge in [0.2, 0.25) is 11.8 Å². The fraction of sp³-hybridized carbons (Fsp3) is 0.556. The van der Waals surface area contributed by atoms with Crippen molar-refractivity contribution in [2.75, 3.05) is 0 Å². The van der Waals surface area contributed by atoms with Crippen LogP contribution in [0, 0.1) is 17.8 Å². The molecule has 3 atom stereocenters.